The van der Waals surface area contributed by atoms with Gasteiger partial charge in [0, 0.05) is 34.9 Å². The molecule has 1 aliphatic heterocycles. The number of rotatable bonds is 16. The standard InChI is InChI=1S/C38H72BN2O3/c1-16-29-23-27(8)25-41(35(12,13)26-34(10,11)31(24-29)32(43)30(17-2)18-3)38(21-6,22-7)36(14,19-4)33(44)39-40-37(15,20-5)28(9)42/h27,29-31,40H,16-26H2,1-15H3. The number of hydrogen-bond acceptors (Lipinski definition) is 5. The molecule has 0 saturated carbocycles. The van der Waals surface area contributed by atoms with Gasteiger partial charge in [-0.3, -0.25) is 14.5 Å². The summed E-state index contributed by atoms with van der Waals surface area (Å²) in [6, 6.07) is 0. The Kier molecular flexibility index (Phi) is 15.1. The van der Waals surface area contributed by atoms with Gasteiger partial charge in [0.05, 0.1) is 5.54 Å². The fraction of sp³-hybridized carbons (Fsp3) is 0.921. The first-order valence-corrected chi connectivity index (χ1v) is 18.2. The van der Waals surface area contributed by atoms with Gasteiger partial charge in [0.1, 0.15) is 17.2 Å². The zero-order chi connectivity index (χ0) is 34.3. The van der Waals surface area contributed by atoms with Crippen LogP contribution in [0.15, 0.2) is 0 Å². The summed E-state index contributed by atoms with van der Waals surface area (Å²) in [6.07, 6.45) is 8.84. The molecule has 0 aromatic carbocycles. The Morgan fingerprint density at radius 2 is 1.43 bits per heavy atom. The van der Waals surface area contributed by atoms with Crippen LogP contribution in [0.3, 0.4) is 0 Å². The molecule has 0 aromatic rings. The molecular formula is C38H72BN2O3. The van der Waals surface area contributed by atoms with Crippen LogP contribution in [-0.4, -0.2) is 52.7 Å². The van der Waals surface area contributed by atoms with Gasteiger partial charge >= 0.3 is 0 Å². The number of carbonyl (C=O) groups excluding carboxylic acids is 3. The van der Waals surface area contributed by atoms with Crippen molar-refractivity contribution in [1.82, 2.24) is 10.1 Å². The van der Waals surface area contributed by atoms with Crippen molar-refractivity contribution in [2.45, 2.75) is 185 Å². The van der Waals surface area contributed by atoms with Crippen molar-refractivity contribution in [3.8, 4) is 0 Å². The van der Waals surface area contributed by atoms with E-state index >= 15 is 0 Å². The van der Waals surface area contributed by atoms with Crippen LogP contribution in [0.5, 0.6) is 0 Å². The van der Waals surface area contributed by atoms with Crippen molar-refractivity contribution in [1.29, 1.82) is 0 Å². The SMILES string of the molecule is CCC1CC(C)CN(C(CC)(CC)C(C)(CC)C(=O)[B]NC(C)(CC)C(C)=O)C(C)(C)CC(C)(C)C(C(=O)C(CC)CC)C1. The zero-order valence-corrected chi connectivity index (χ0v) is 31.8. The number of carbonyl (C=O) groups is 3. The predicted molar refractivity (Wildman–Crippen MR) is 189 cm³/mol. The molecule has 1 heterocycles. The molecule has 0 amide bonds. The van der Waals surface area contributed by atoms with E-state index in [1.54, 1.807) is 14.3 Å². The topological polar surface area (TPSA) is 66.5 Å². The molecule has 1 radical (unpaired) electrons. The Morgan fingerprint density at radius 1 is 0.886 bits per heavy atom. The highest BCUT2D eigenvalue weighted by atomic mass is 16.1. The molecule has 5 unspecified atom stereocenters. The molecule has 1 saturated heterocycles. The number of Topliss-reactive ketones (excluding diaryl/α,β-unsaturated/α-hetero) is 2. The quantitative estimate of drug-likeness (QED) is 0.176. The van der Waals surface area contributed by atoms with Gasteiger partial charge in [0.15, 0.2) is 0 Å². The van der Waals surface area contributed by atoms with E-state index in [0.29, 0.717) is 30.5 Å². The molecule has 1 N–H and O–H groups in total. The number of nitrogens with zero attached hydrogens (tertiary/aromatic N) is 1. The van der Waals surface area contributed by atoms with E-state index in [2.05, 4.69) is 93.2 Å². The first-order chi connectivity index (χ1) is 20.3. The predicted octanol–water partition coefficient (Wildman–Crippen LogP) is 9.03. The molecule has 5 nitrogen and oxygen atoms in total. The molecule has 1 rings (SSSR count). The van der Waals surface area contributed by atoms with Gasteiger partial charge < -0.3 is 10.0 Å². The smallest absolute Gasteiger partial charge is 0.296 e. The lowest BCUT2D eigenvalue weighted by Crippen LogP contribution is -2.69. The second-order valence-electron chi connectivity index (χ2n) is 16.2. The van der Waals surface area contributed by atoms with Crippen LogP contribution in [0.1, 0.15) is 168 Å². The van der Waals surface area contributed by atoms with Crippen molar-refractivity contribution in [2.24, 2.45) is 34.5 Å². The fourth-order valence-electron chi connectivity index (χ4n) is 9.13. The summed E-state index contributed by atoms with van der Waals surface area (Å²) in [5.41, 5.74) is -2.21. The highest BCUT2D eigenvalue weighted by molar-refractivity contribution is 6.73. The van der Waals surface area contributed by atoms with E-state index in [0.717, 1.165) is 57.9 Å². The number of nitrogens with one attached hydrogen (secondary N) is 1. The van der Waals surface area contributed by atoms with Gasteiger partial charge in [-0.25, -0.2) is 0 Å². The van der Waals surface area contributed by atoms with Crippen molar-refractivity contribution < 1.29 is 14.4 Å². The van der Waals surface area contributed by atoms with Crippen LogP contribution < -0.4 is 5.23 Å². The van der Waals surface area contributed by atoms with E-state index < -0.39 is 16.5 Å². The zero-order valence-electron chi connectivity index (χ0n) is 31.8. The molecule has 255 valence electrons. The van der Waals surface area contributed by atoms with Crippen LogP contribution in [0.25, 0.3) is 0 Å². The summed E-state index contributed by atoms with van der Waals surface area (Å²) in [4.78, 5) is 43.9. The monoisotopic (exact) mass is 616 g/mol. The third-order valence-electron chi connectivity index (χ3n) is 12.6. The minimum atomic E-state index is -0.758. The molecule has 1 fully saturated rings. The van der Waals surface area contributed by atoms with Crippen molar-refractivity contribution in [3.63, 3.8) is 0 Å². The highest BCUT2D eigenvalue weighted by Crippen LogP contribution is 2.52. The van der Waals surface area contributed by atoms with E-state index in [1.165, 1.54) is 0 Å². The highest BCUT2D eigenvalue weighted by Gasteiger charge is 2.57. The van der Waals surface area contributed by atoms with Gasteiger partial charge in [-0.1, -0.05) is 82.6 Å². The fourth-order valence-corrected chi connectivity index (χ4v) is 9.13. The van der Waals surface area contributed by atoms with E-state index in [-0.39, 0.29) is 34.3 Å². The molecule has 44 heavy (non-hydrogen) atoms. The Hall–Kier alpha value is -1.01. The van der Waals surface area contributed by atoms with Crippen molar-refractivity contribution in [2.75, 3.05) is 6.54 Å². The molecule has 0 aliphatic carbocycles. The van der Waals surface area contributed by atoms with Crippen LogP contribution in [0.2, 0.25) is 0 Å². The molecule has 1 aliphatic rings. The minimum absolute atomic E-state index is 0.0245. The Balaban J connectivity index is 3.83. The summed E-state index contributed by atoms with van der Waals surface area (Å²) in [5, 5.41) is 3.26. The van der Waals surface area contributed by atoms with Crippen LogP contribution in [0.4, 0.5) is 0 Å². The van der Waals surface area contributed by atoms with Crippen LogP contribution in [0, 0.1) is 34.5 Å². The summed E-state index contributed by atoms with van der Waals surface area (Å²) >= 11 is 0. The maximum atomic E-state index is 14.5. The molecule has 0 bridgehead atoms. The Bertz CT molecular complexity index is 954. The largest absolute Gasteiger partial charge is 0.342 e. The Labute approximate surface area is 274 Å². The third kappa shape index (κ3) is 8.47. The summed E-state index contributed by atoms with van der Waals surface area (Å²) in [5.74, 6) is 1.58. The van der Waals surface area contributed by atoms with E-state index in [9.17, 15) is 14.4 Å². The average Bonchev–Trinajstić information content (AvgIpc) is 2.96. The molecule has 0 spiro atoms. The first kappa shape index (κ1) is 41.0. The average molecular weight is 616 g/mol. The third-order valence-corrected chi connectivity index (χ3v) is 12.6. The van der Waals surface area contributed by atoms with Crippen molar-refractivity contribution in [3.05, 3.63) is 0 Å². The minimum Gasteiger partial charge on any atom is -0.342 e. The van der Waals surface area contributed by atoms with Gasteiger partial charge in [-0.2, -0.15) is 0 Å². The summed E-state index contributed by atoms with van der Waals surface area (Å²) in [7, 11) is 1.62. The second kappa shape index (κ2) is 16.2. The van der Waals surface area contributed by atoms with E-state index in [1.807, 2.05) is 13.8 Å². The van der Waals surface area contributed by atoms with Crippen LogP contribution >= 0.6 is 0 Å². The summed E-state index contributed by atoms with van der Waals surface area (Å²) in [6.45, 7) is 33.6. The lowest BCUT2D eigenvalue weighted by atomic mass is 9.54. The number of hydrogen-bond donors (Lipinski definition) is 1. The van der Waals surface area contributed by atoms with Gasteiger partial charge in [0.25, 0.3) is 7.41 Å². The molecule has 0 aromatic heterocycles. The molecule has 5 atom stereocenters. The Morgan fingerprint density at radius 3 is 1.84 bits per heavy atom. The molecular weight excluding hydrogens is 543 g/mol. The lowest BCUT2D eigenvalue weighted by molar-refractivity contribution is -0.147. The number of ketones is 2. The van der Waals surface area contributed by atoms with E-state index in [4.69, 9.17) is 0 Å². The van der Waals surface area contributed by atoms with Gasteiger partial charge in [-0.05, 0) is 103 Å². The second-order valence-corrected chi connectivity index (χ2v) is 16.2. The van der Waals surface area contributed by atoms with Gasteiger partial charge in [-0.15, -0.1) is 0 Å². The lowest BCUT2D eigenvalue weighted by Gasteiger charge is -2.61. The van der Waals surface area contributed by atoms with Crippen molar-refractivity contribution >= 4 is 24.7 Å². The summed E-state index contributed by atoms with van der Waals surface area (Å²) < 4.78 is 0. The van der Waals surface area contributed by atoms with Gasteiger partial charge in [0.2, 0.25) is 0 Å². The molecule has 6 heteroatoms. The maximum absolute atomic E-state index is 14.5. The first-order valence-electron chi connectivity index (χ1n) is 18.2. The maximum Gasteiger partial charge on any atom is 0.296 e. The normalized spacial score (nSPS) is 26.0. The van der Waals surface area contributed by atoms with Crippen LogP contribution in [-0.2, 0) is 14.4 Å².